The van der Waals surface area contributed by atoms with E-state index < -0.39 is 32.8 Å². The molecule has 16 heavy (non-hydrogen) atoms. The average molecular weight is 291 g/mol. The molecular weight excluding hydrogens is 260 g/mol. The Hall–Kier alpha value is 0.828. The summed E-state index contributed by atoms with van der Waals surface area (Å²) in [6.45, 7) is 20.2. The molecule has 1 fully saturated rings. The molecule has 1 saturated heterocycles. The average Bonchev–Trinajstić information content (AvgIpc) is 1.67. The van der Waals surface area contributed by atoms with Crippen LogP contribution in [0.3, 0.4) is 0 Å². The Morgan fingerprint density at radius 3 is 1.19 bits per heavy atom. The first-order valence-electron chi connectivity index (χ1n) is 6.53. The Bertz CT molecular complexity index is 199. The summed E-state index contributed by atoms with van der Waals surface area (Å²) in [5, 5.41) is 0. The van der Waals surface area contributed by atoms with Gasteiger partial charge in [0.1, 0.15) is 0 Å². The maximum atomic E-state index is 6.68. The van der Waals surface area contributed by atoms with Gasteiger partial charge >= 0.3 is 0 Å². The van der Waals surface area contributed by atoms with Crippen LogP contribution in [0.2, 0.25) is 69.4 Å². The second-order valence-corrected chi connectivity index (χ2v) is 29.2. The zero-order chi connectivity index (χ0) is 12.8. The van der Waals surface area contributed by atoms with Crippen molar-refractivity contribution in [2.24, 2.45) is 0 Å². The van der Waals surface area contributed by atoms with Crippen molar-refractivity contribution in [1.82, 2.24) is 0 Å². The van der Waals surface area contributed by atoms with Crippen LogP contribution in [-0.4, -0.2) is 32.8 Å². The van der Waals surface area contributed by atoms with Gasteiger partial charge in [0.2, 0.25) is 0 Å². The van der Waals surface area contributed by atoms with Gasteiger partial charge in [0, 0.05) is 16.1 Å². The zero-order valence-electron chi connectivity index (χ0n) is 12.5. The molecule has 0 aromatic rings. The van der Waals surface area contributed by atoms with Gasteiger partial charge in [0.05, 0.1) is 0 Å². The summed E-state index contributed by atoms with van der Waals surface area (Å²) in [6.07, 6.45) is 0. The third-order valence-electron chi connectivity index (χ3n) is 3.32. The highest BCUT2D eigenvalue weighted by atomic mass is 28.5. The molecule has 0 atom stereocenters. The fourth-order valence-corrected chi connectivity index (χ4v) is 44.5. The minimum absolute atomic E-state index is 0.986. The topological polar surface area (TPSA) is 9.23 Å². The molecule has 0 spiro atoms. The minimum Gasteiger partial charge on any atom is -0.456 e. The van der Waals surface area contributed by atoms with E-state index in [1.807, 2.05) is 0 Å². The highest BCUT2D eigenvalue weighted by Gasteiger charge is 2.46. The zero-order valence-corrected chi connectivity index (χ0v) is 16.5. The van der Waals surface area contributed by atoms with Crippen LogP contribution < -0.4 is 0 Å². The van der Waals surface area contributed by atoms with Crippen molar-refractivity contribution in [2.75, 3.05) is 0 Å². The molecule has 1 nitrogen and oxygen atoms in total. The van der Waals surface area contributed by atoms with Crippen LogP contribution in [-0.2, 0) is 4.12 Å². The van der Waals surface area contributed by atoms with E-state index >= 15 is 0 Å². The largest absolute Gasteiger partial charge is 0.456 e. The van der Waals surface area contributed by atoms with Crippen molar-refractivity contribution < 1.29 is 4.12 Å². The van der Waals surface area contributed by atoms with Gasteiger partial charge in [0.15, 0.2) is 16.6 Å². The molecule has 0 aromatic heterocycles. The Labute approximate surface area is 106 Å². The smallest absolute Gasteiger partial charge is 0.170 e. The van der Waals surface area contributed by atoms with Gasteiger partial charge < -0.3 is 4.12 Å². The molecule has 0 unspecified atom stereocenters. The predicted molar refractivity (Wildman–Crippen MR) is 85.4 cm³/mol. The van der Waals surface area contributed by atoms with Gasteiger partial charge in [-0.05, 0) is 37.5 Å². The van der Waals surface area contributed by atoms with Crippen LogP contribution in [0.15, 0.2) is 0 Å². The van der Waals surface area contributed by atoms with Crippen LogP contribution in [0.5, 0.6) is 0 Å². The second kappa shape index (κ2) is 4.19. The van der Waals surface area contributed by atoms with E-state index in [1.54, 1.807) is 5.67 Å². The minimum atomic E-state index is -1.36. The molecule has 0 aliphatic carbocycles. The van der Waals surface area contributed by atoms with Crippen molar-refractivity contribution in [2.45, 2.75) is 69.4 Å². The molecule has 0 amide bonds. The fourth-order valence-electron chi connectivity index (χ4n) is 4.55. The van der Waals surface area contributed by atoms with Gasteiger partial charge in [-0.25, -0.2) is 0 Å². The van der Waals surface area contributed by atoms with Crippen molar-refractivity contribution in [3.8, 4) is 0 Å². The van der Waals surface area contributed by atoms with Gasteiger partial charge in [0.25, 0.3) is 0 Å². The molecule has 1 aliphatic heterocycles. The van der Waals surface area contributed by atoms with Crippen molar-refractivity contribution in [3.63, 3.8) is 0 Å². The quantitative estimate of drug-likeness (QED) is 0.599. The Morgan fingerprint density at radius 1 is 0.562 bits per heavy atom. The van der Waals surface area contributed by atoms with Crippen molar-refractivity contribution in [3.05, 3.63) is 0 Å². The van der Waals surface area contributed by atoms with E-state index in [1.165, 1.54) is 11.3 Å². The SMILES string of the molecule is C[Si]1(C)C[Si](C)(C)C[Si](C)(C)O[Si](C)(C)C1. The van der Waals surface area contributed by atoms with E-state index in [0.29, 0.717) is 0 Å². The van der Waals surface area contributed by atoms with Crippen LogP contribution in [0.25, 0.3) is 0 Å². The first-order valence-corrected chi connectivity index (χ1v) is 19.6. The summed E-state index contributed by atoms with van der Waals surface area (Å²) in [5.41, 5.74) is 4.58. The summed E-state index contributed by atoms with van der Waals surface area (Å²) >= 11 is 0. The lowest BCUT2D eigenvalue weighted by Gasteiger charge is -2.46. The monoisotopic (exact) mass is 290 g/mol. The lowest BCUT2D eigenvalue weighted by molar-refractivity contribution is 0.550. The summed E-state index contributed by atoms with van der Waals surface area (Å²) in [7, 11) is -4.69. The van der Waals surface area contributed by atoms with E-state index in [9.17, 15) is 0 Å². The third-order valence-corrected chi connectivity index (χ3v) is 29.9. The van der Waals surface area contributed by atoms with E-state index in [2.05, 4.69) is 52.4 Å². The molecule has 1 rings (SSSR count). The normalized spacial score (nSPS) is 31.5. The molecule has 0 aromatic carbocycles. The summed E-state index contributed by atoms with van der Waals surface area (Å²) in [4.78, 5) is 0. The summed E-state index contributed by atoms with van der Waals surface area (Å²) < 4.78 is 6.68. The molecule has 1 heterocycles. The Balaban J connectivity index is 2.98. The first-order chi connectivity index (χ1) is 6.83. The van der Waals surface area contributed by atoms with Crippen LogP contribution in [0.4, 0.5) is 0 Å². The first kappa shape index (κ1) is 14.9. The Morgan fingerprint density at radius 2 is 0.875 bits per heavy atom. The predicted octanol–water partition coefficient (Wildman–Crippen LogP) is 4.46. The van der Waals surface area contributed by atoms with Crippen LogP contribution >= 0.6 is 0 Å². The molecule has 0 bridgehead atoms. The maximum absolute atomic E-state index is 6.68. The van der Waals surface area contributed by atoms with Gasteiger partial charge in [-0.3, -0.25) is 0 Å². The van der Waals surface area contributed by atoms with E-state index in [0.717, 1.165) is 0 Å². The van der Waals surface area contributed by atoms with Gasteiger partial charge in [-0.15, -0.1) is 0 Å². The third kappa shape index (κ3) is 4.60. The van der Waals surface area contributed by atoms with Gasteiger partial charge in [-0.2, -0.15) is 0 Å². The Kier molecular flexibility index (Phi) is 3.90. The van der Waals surface area contributed by atoms with Crippen LogP contribution in [0, 0.1) is 0 Å². The molecule has 96 valence electrons. The number of rotatable bonds is 0. The molecule has 5 heteroatoms. The van der Waals surface area contributed by atoms with Gasteiger partial charge in [-0.1, -0.05) is 31.9 Å². The molecule has 0 N–H and O–H groups in total. The van der Waals surface area contributed by atoms with E-state index in [-0.39, 0.29) is 0 Å². The fraction of sp³-hybridized carbons (Fsp3) is 1.00. The van der Waals surface area contributed by atoms with Crippen LogP contribution in [0.1, 0.15) is 0 Å². The van der Waals surface area contributed by atoms with Crippen molar-refractivity contribution >= 4 is 32.8 Å². The molecule has 1 aliphatic rings. The lowest BCUT2D eigenvalue weighted by Crippen LogP contribution is -2.57. The molecular formula is C11H30OSi4. The summed E-state index contributed by atoms with van der Waals surface area (Å²) in [5.74, 6) is 0. The second-order valence-electron chi connectivity index (χ2n) is 8.48. The molecule has 0 saturated carbocycles. The number of hydrogen-bond donors (Lipinski definition) is 0. The highest BCUT2D eigenvalue weighted by molar-refractivity contribution is 7.08. The summed E-state index contributed by atoms with van der Waals surface area (Å²) in [6, 6.07) is 0. The van der Waals surface area contributed by atoms with E-state index in [4.69, 9.17) is 4.12 Å². The maximum Gasteiger partial charge on any atom is 0.170 e. The number of hydrogen-bond acceptors (Lipinski definition) is 1. The van der Waals surface area contributed by atoms with Crippen molar-refractivity contribution in [1.29, 1.82) is 0 Å². The molecule has 0 radical (unpaired) electrons. The lowest BCUT2D eigenvalue weighted by atomic mass is 11.7. The standard InChI is InChI=1S/C11H30OSi4/c1-13(2)9-14(3,4)11-16(7,8)12-15(5,6)10-13/h9-11H2,1-8H3. The highest BCUT2D eigenvalue weighted by Crippen LogP contribution is 2.37.